The summed E-state index contributed by atoms with van der Waals surface area (Å²) in [5.74, 6) is 0. The first-order valence-corrected chi connectivity index (χ1v) is 5.81. The normalized spacial score (nSPS) is 12.4. The van der Waals surface area contributed by atoms with Crippen LogP contribution in [-0.4, -0.2) is 5.11 Å². The first kappa shape index (κ1) is 12.1. The maximum atomic E-state index is 10.2. The fraction of sp³-hybridized carbons (Fsp3) is 0.143. The molecule has 2 aromatic rings. The lowest BCUT2D eigenvalue weighted by atomic mass is 10.00. The molecule has 0 fully saturated rings. The van der Waals surface area contributed by atoms with Crippen molar-refractivity contribution in [1.82, 2.24) is 0 Å². The van der Waals surface area contributed by atoms with Gasteiger partial charge in [-0.1, -0.05) is 48.0 Å². The smallest absolute Gasteiger partial charge is 0.104 e. The minimum Gasteiger partial charge on any atom is -0.384 e. The summed E-state index contributed by atoms with van der Waals surface area (Å²) in [6.45, 7) is 0.473. The molecule has 2 rings (SSSR count). The molecule has 1 unspecified atom stereocenters. The Bertz CT molecular complexity index is 496. The molecule has 0 aliphatic heterocycles. The predicted octanol–water partition coefficient (Wildman–Crippen LogP) is 2.88. The van der Waals surface area contributed by atoms with Gasteiger partial charge in [-0.05, 0) is 28.8 Å². The van der Waals surface area contributed by atoms with Crippen LogP contribution in [0, 0.1) is 0 Å². The highest BCUT2D eigenvalue weighted by Gasteiger charge is 2.10. The monoisotopic (exact) mass is 247 g/mol. The molecule has 1 atom stereocenters. The van der Waals surface area contributed by atoms with Gasteiger partial charge < -0.3 is 10.8 Å². The van der Waals surface area contributed by atoms with Gasteiger partial charge in [0.1, 0.15) is 6.10 Å². The Morgan fingerprint density at radius 1 is 1.06 bits per heavy atom. The van der Waals surface area contributed by atoms with E-state index < -0.39 is 6.10 Å². The van der Waals surface area contributed by atoms with Gasteiger partial charge >= 0.3 is 0 Å². The van der Waals surface area contributed by atoms with Crippen LogP contribution in [-0.2, 0) is 6.54 Å². The Kier molecular flexibility index (Phi) is 3.79. The zero-order valence-corrected chi connectivity index (χ0v) is 10.1. The Morgan fingerprint density at radius 3 is 2.41 bits per heavy atom. The lowest BCUT2D eigenvalue weighted by Crippen LogP contribution is -2.02. The van der Waals surface area contributed by atoms with Gasteiger partial charge in [-0.3, -0.25) is 0 Å². The van der Waals surface area contributed by atoms with Gasteiger partial charge in [-0.2, -0.15) is 0 Å². The first-order valence-electron chi connectivity index (χ1n) is 5.43. The summed E-state index contributed by atoms with van der Waals surface area (Å²) in [5.41, 5.74) is 8.25. The second-order valence-electron chi connectivity index (χ2n) is 3.90. The molecule has 88 valence electrons. The van der Waals surface area contributed by atoms with E-state index in [2.05, 4.69) is 0 Å². The maximum absolute atomic E-state index is 10.2. The van der Waals surface area contributed by atoms with E-state index in [1.807, 2.05) is 36.4 Å². The highest BCUT2D eigenvalue weighted by atomic mass is 35.5. The maximum Gasteiger partial charge on any atom is 0.104 e. The molecule has 2 aromatic carbocycles. The molecule has 0 aliphatic rings. The number of rotatable bonds is 3. The fourth-order valence-corrected chi connectivity index (χ4v) is 1.85. The minimum absolute atomic E-state index is 0.473. The third kappa shape index (κ3) is 2.86. The molecule has 2 nitrogen and oxygen atoms in total. The van der Waals surface area contributed by atoms with Gasteiger partial charge in [0.2, 0.25) is 0 Å². The van der Waals surface area contributed by atoms with Crippen LogP contribution in [0.1, 0.15) is 22.8 Å². The lowest BCUT2D eigenvalue weighted by Gasteiger charge is -2.12. The molecule has 0 saturated heterocycles. The molecular formula is C14H14ClNO. The molecule has 0 radical (unpaired) electrons. The summed E-state index contributed by atoms with van der Waals surface area (Å²) < 4.78 is 0. The number of hydrogen-bond acceptors (Lipinski definition) is 2. The Hall–Kier alpha value is -1.35. The van der Waals surface area contributed by atoms with E-state index in [9.17, 15) is 5.11 Å². The number of aliphatic hydroxyl groups is 1. The largest absolute Gasteiger partial charge is 0.384 e. The van der Waals surface area contributed by atoms with E-state index in [0.717, 1.165) is 16.7 Å². The van der Waals surface area contributed by atoms with E-state index in [-0.39, 0.29) is 0 Å². The zero-order chi connectivity index (χ0) is 12.3. The highest BCUT2D eigenvalue weighted by molar-refractivity contribution is 6.30. The molecule has 0 saturated carbocycles. The minimum atomic E-state index is -0.640. The summed E-state index contributed by atoms with van der Waals surface area (Å²) in [7, 11) is 0. The number of nitrogens with two attached hydrogens (primary N) is 1. The van der Waals surface area contributed by atoms with Crippen LogP contribution in [0.2, 0.25) is 5.02 Å². The van der Waals surface area contributed by atoms with Crippen LogP contribution in [0.15, 0.2) is 48.5 Å². The summed E-state index contributed by atoms with van der Waals surface area (Å²) >= 11 is 5.81. The molecule has 3 heteroatoms. The van der Waals surface area contributed by atoms with E-state index >= 15 is 0 Å². The van der Waals surface area contributed by atoms with Gasteiger partial charge in [0.05, 0.1) is 0 Å². The van der Waals surface area contributed by atoms with E-state index in [0.29, 0.717) is 11.6 Å². The van der Waals surface area contributed by atoms with Crippen molar-refractivity contribution in [3.8, 4) is 0 Å². The average Bonchev–Trinajstić information content (AvgIpc) is 2.39. The van der Waals surface area contributed by atoms with E-state index in [4.69, 9.17) is 17.3 Å². The SMILES string of the molecule is NCc1cccc(C(O)c2ccc(Cl)cc2)c1. The second-order valence-corrected chi connectivity index (χ2v) is 4.34. The summed E-state index contributed by atoms with van der Waals surface area (Å²) in [6.07, 6.45) is -0.640. The number of benzene rings is 2. The van der Waals surface area contributed by atoms with Gasteiger partial charge in [0.25, 0.3) is 0 Å². The van der Waals surface area contributed by atoms with Crippen LogP contribution in [0.25, 0.3) is 0 Å². The topological polar surface area (TPSA) is 46.2 Å². The molecule has 0 heterocycles. The standard InChI is InChI=1S/C14H14ClNO/c15-13-6-4-11(5-7-13)14(17)12-3-1-2-10(8-12)9-16/h1-8,14,17H,9,16H2. The van der Waals surface area contributed by atoms with E-state index in [1.165, 1.54) is 0 Å². The van der Waals surface area contributed by atoms with Crippen LogP contribution in [0.5, 0.6) is 0 Å². The highest BCUT2D eigenvalue weighted by Crippen LogP contribution is 2.23. The van der Waals surface area contributed by atoms with E-state index in [1.54, 1.807) is 12.1 Å². The zero-order valence-electron chi connectivity index (χ0n) is 9.31. The number of aliphatic hydroxyl groups excluding tert-OH is 1. The fourth-order valence-electron chi connectivity index (χ4n) is 1.73. The van der Waals surface area contributed by atoms with Gasteiger partial charge in [-0.25, -0.2) is 0 Å². The Morgan fingerprint density at radius 2 is 1.76 bits per heavy atom. The number of halogens is 1. The molecule has 3 N–H and O–H groups in total. The summed E-state index contributed by atoms with van der Waals surface area (Å²) in [6, 6.07) is 14.8. The Balaban J connectivity index is 2.29. The third-order valence-electron chi connectivity index (χ3n) is 2.69. The van der Waals surface area contributed by atoms with Gasteiger partial charge in [-0.15, -0.1) is 0 Å². The molecule has 0 amide bonds. The van der Waals surface area contributed by atoms with Crippen LogP contribution < -0.4 is 5.73 Å². The van der Waals surface area contributed by atoms with Crippen molar-refractivity contribution in [2.45, 2.75) is 12.6 Å². The predicted molar refractivity (Wildman–Crippen MR) is 69.8 cm³/mol. The lowest BCUT2D eigenvalue weighted by molar-refractivity contribution is 0.220. The summed E-state index contributed by atoms with van der Waals surface area (Å²) in [5, 5.41) is 10.9. The Labute approximate surface area is 106 Å². The van der Waals surface area contributed by atoms with Crippen molar-refractivity contribution in [2.24, 2.45) is 5.73 Å². The van der Waals surface area contributed by atoms with Crippen molar-refractivity contribution in [2.75, 3.05) is 0 Å². The quantitative estimate of drug-likeness (QED) is 0.876. The molecule has 0 bridgehead atoms. The van der Waals surface area contributed by atoms with Gasteiger partial charge in [0, 0.05) is 11.6 Å². The molecule has 17 heavy (non-hydrogen) atoms. The van der Waals surface area contributed by atoms with Crippen LogP contribution in [0.3, 0.4) is 0 Å². The van der Waals surface area contributed by atoms with Crippen molar-refractivity contribution >= 4 is 11.6 Å². The summed E-state index contributed by atoms with van der Waals surface area (Å²) in [4.78, 5) is 0. The van der Waals surface area contributed by atoms with Crippen molar-refractivity contribution < 1.29 is 5.11 Å². The van der Waals surface area contributed by atoms with Crippen molar-refractivity contribution in [3.05, 3.63) is 70.2 Å². The van der Waals surface area contributed by atoms with Crippen molar-refractivity contribution in [3.63, 3.8) is 0 Å². The van der Waals surface area contributed by atoms with Crippen LogP contribution >= 0.6 is 11.6 Å². The molecule has 0 spiro atoms. The first-order chi connectivity index (χ1) is 8.20. The second kappa shape index (κ2) is 5.32. The number of hydrogen-bond donors (Lipinski definition) is 2. The molecule has 0 aromatic heterocycles. The van der Waals surface area contributed by atoms with Crippen molar-refractivity contribution in [1.29, 1.82) is 0 Å². The van der Waals surface area contributed by atoms with Crippen LogP contribution in [0.4, 0.5) is 0 Å². The average molecular weight is 248 g/mol. The molecular weight excluding hydrogens is 234 g/mol. The van der Waals surface area contributed by atoms with Gasteiger partial charge in [0.15, 0.2) is 0 Å². The molecule has 0 aliphatic carbocycles. The third-order valence-corrected chi connectivity index (χ3v) is 2.94.